The molecule has 3 rings (SSSR count). The van der Waals surface area contributed by atoms with Crippen molar-refractivity contribution < 1.29 is 4.79 Å². The molecule has 0 aliphatic carbocycles. The summed E-state index contributed by atoms with van der Waals surface area (Å²) in [6.07, 6.45) is 1.80. The number of halogens is 1. The summed E-state index contributed by atoms with van der Waals surface area (Å²) in [5.74, 6) is 0. The lowest BCUT2D eigenvalue weighted by atomic mass is 10.0. The number of thiazole rings is 1. The molecule has 0 aromatic carbocycles. The fourth-order valence-electron chi connectivity index (χ4n) is 2.27. The molecule has 94 valence electrons. The minimum Gasteiger partial charge on any atom is -0.341 e. The van der Waals surface area contributed by atoms with Crippen molar-refractivity contribution in [2.45, 2.75) is 19.4 Å². The van der Waals surface area contributed by atoms with Crippen molar-refractivity contribution in [3.63, 3.8) is 0 Å². The fraction of sp³-hybridized carbons (Fsp3) is 0.333. The van der Waals surface area contributed by atoms with Crippen molar-refractivity contribution in [1.29, 1.82) is 0 Å². The Balaban J connectivity index is 1.96. The van der Waals surface area contributed by atoms with Crippen LogP contribution in [0.5, 0.6) is 0 Å². The van der Waals surface area contributed by atoms with Crippen molar-refractivity contribution in [1.82, 2.24) is 4.98 Å². The van der Waals surface area contributed by atoms with Crippen LogP contribution in [-0.4, -0.2) is 17.8 Å². The molecule has 6 heteroatoms. The summed E-state index contributed by atoms with van der Waals surface area (Å²) in [5.41, 5.74) is 1.37. The maximum absolute atomic E-state index is 10.8. The predicted octanol–water partition coefficient (Wildman–Crippen LogP) is 3.79. The minimum absolute atomic E-state index is 0.293. The first-order chi connectivity index (χ1) is 8.70. The number of aldehydes is 1. The zero-order chi connectivity index (χ0) is 12.7. The first-order valence-electron chi connectivity index (χ1n) is 5.65. The molecule has 0 bridgehead atoms. The Kier molecular flexibility index (Phi) is 3.13. The number of anilines is 1. The number of hydrogen-bond donors (Lipinski definition) is 0. The normalized spacial score (nSPS) is 18.8. The molecule has 2 aromatic heterocycles. The summed E-state index contributed by atoms with van der Waals surface area (Å²) in [6.45, 7) is 3.09. The Morgan fingerprint density at radius 3 is 3.17 bits per heavy atom. The number of fused-ring (bicyclic) bond motifs is 1. The maximum Gasteiger partial charge on any atom is 0.187 e. The van der Waals surface area contributed by atoms with Crippen LogP contribution in [0.1, 0.15) is 33.1 Å². The summed E-state index contributed by atoms with van der Waals surface area (Å²) in [5, 5.41) is 3.29. The maximum atomic E-state index is 10.8. The largest absolute Gasteiger partial charge is 0.341 e. The second-order valence-corrected chi connectivity index (χ2v) is 6.56. The van der Waals surface area contributed by atoms with Gasteiger partial charge in [-0.15, -0.1) is 11.3 Å². The Bertz CT molecular complexity index is 593. The summed E-state index contributed by atoms with van der Waals surface area (Å²) in [4.78, 5) is 19.3. The number of aromatic nitrogens is 1. The molecule has 2 aromatic rings. The molecule has 1 aliphatic rings. The fourth-order valence-corrected chi connectivity index (χ4v) is 4.40. The summed E-state index contributed by atoms with van der Waals surface area (Å²) < 4.78 is 0. The van der Waals surface area contributed by atoms with E-state index in [4.69, 9.17) is 11.6 Å². The van der Waals surface area contributed by atoms with Gasteiger partial charge in [0.1, 0.15) is 4.88 Å². The van der Waals surface area contributed by atoms with E-state index >= 15 is 0 Å². The average molecular weight is 299 g/mol. The van der Waals surface area contributed by atoms with Crippen LogP contribution in [-0.2, 0) is 6.42 Å². The number of carbonyl (C=O) groups excluding carboxylic acids is 1. The van der Waals surface area contributed by atoms with Crippen molar-refractivity contribution in [2.75, 3.05) is 11.4 Å². The number of hydrogen-bond acceptors (Lipinski definition) is 5. The molecule has 1 atom stereocenters. The van der Waals surface area contributed by atoms with Gasteiger partial charge in [-0.1, -0.05) is 22.9 Å². The van der Waals surface area contributed by atoms with Crippen LogP contribution in [0.15, 0.2) is 11.4 Å². The van der Waals surface area contributed by atoms with Gasteiger partial charge in [-0.3, -0.25) is 4.79 Å². The smallest absolute Gasteiger partial charge is 0.187 e. The van der Waals surface area contributed by atoms with Crippen molar-refractivity contribution in [3.05, 3.63) is 31.9 Å². The molecule has 0 saturated carbocycles. The van der Waals surface area contributed by atoms with Crippen LogP contribution in [0.3, 0.4) is 0 Å². The molecule has 3 nitrogen and oxygen atoms in total. The summed E-state index contributed by atoms with van der Waals surface area (Å²) in [6, 6.07) is 2.47. The van der Waals surface area contributed by atoms with Crippen LogP contribution in [0.4, 0.5) is 5.13 Å². The van der Waals surface area contributed by atoms with Crippen LogP contribution in [0.2, 0.25) is 5.15 Å². The highest BCUT2D eigenvalue weighted by atomic mass is 35.5. The van der Waals surface area contributed by atoms with E-state index in [0.717, 1.165) is 24.4 Å². The lowest BCUT2D eigenvalue weighted by molar-refractivity contribution is 0.112. The van der Waals surface area contributed by atoms with Crippen LogP contribution >= 0.6 is 34.3 Å². The van der Waals surface area contributed by atoms with E-state index in [1.165, 1.54) is 21.8 Å². The molecular formula is C12H11ClN2OS2. The van der Waals surface area contributed by atoms with E-state index in [1.807, 2.05) is 11.3 Å². The molecule has 0 radical (unpaired) electrons. The molecule has 0 saturated heterocycles. The third-order valence-corrected chi connectivity index (χ3v) is 5.64. The monoisotopic (exact) mass is 298 g/mol. The molecule has 18 heavy (non-hydrogen) atoms. The number of nitrogens with zero attached hydrogens (tertiary/aromatic N) is 2. The highest BCUT2D eigenvalue weighted by Crippen LogP contribution is 2.38. The Morgan fingerprint density at radius 2 is 2.44 bits per heavy atom. The van der Waals surface area contributed by atoms with Crippen molar-refractivity contribution >= 4 is 45.7 Å². The van der Waals surface area contributed by atoms with Gasteiger partial charge in [0.05, 0.1) is 6.04 Å². The van der Waals surface area contributed by atoms with E-state index in [9.17, 15) is 4.79 Å². The topological polar surface area (TPSA) is 33.2 Å². The molecule has 0 amide bonds. The van der Waals surface area contributed by atoms with E-state index in [2.05, 4.69) is 28.3 Å². The molecule has 0 fully saturated rings. The number of thiophene rings is 1. The number of carbonyl (C=O) groups is 1. The van der Waals surface area contributed by atoms with Gasteiger partial charge in [0.2, 0.25) is 0 Å². The van der Waals surface area contributed by atoms with Gasteiger partial charge in [-0.25, -0.2) is 4.98 Å². The Morgan fingerprint density at radius 1 is 1.61 bits per heavy atom. The van der Waals surface area contributed by atoms with E-state index in [-0.39, 0.29) is 0 Å². The second kappa shape index (κ2) is 4.64. The molecule has 3 heterocycles. The molecule has 1 unspecified atom stereocenters. The van der Waals surface area contributed by atoms with Gasteiger partial charge in [-0.2, -0.15) is 0 Å². The Hall–Kier alpha value is -0.910. The second-order valence-electron chi connectivity index (χ2n) is 4.19. The zero-order valence-electron chi connectivity index (χ0n) is 9.72. The minimum atomic E-state index is 0.293. The standard InChI is InChI=1S/C12H11ClN2OS2/c1-7-8-3-5-17-9(8)2-4-15(7)12-14-11(13)10(6-16)18-12/h3,5-7H,2,4H2,1H3. The average Bonchev–Trinajstić information content (AvgIpc) is 2.96. The SMILES string of the molecule is CC1c2ccsc2CCN1c1nc(Cl)c(C=O)s1. The zero-order valence-corrected chi connectivity index (χ0v) is 12.1. The van der Waals surface area contributed by atoms with Gasteiger partial charge in [0.25, 0.3) is 0 Å². The lowest BCUT2D eigenvalue weighted by Gasteiger charge is -2.33. The summed E-state index contributed by atoms with van der Waals surface area (Å²) in [7, 11) is 0. The number of rotatable bonds is 2. The highest BCUT2D eigenvalue weighted by molar-refractivity contribution is 7.17. The van der Waals surface area contributed by atoms with Crippen LogP contribution < -0.4 is 4.90 Å². The van der Waals surface area contributed by atoms with E-state index < -0.39 is 0 Å². The van der Waals surface area contributed by atoms with E-state index in [1.54, 1.807) is 0 Å². The third kappa shape index (κ3) is 1.86. The van der Waals surface area contributed by atoms with Gasteiger partial charge < -0.3 is 4.90 Å². The van der Waals surface area contributed by atoms with Crippen LogP contribution in [0, 0.1) is 0 Å². The van der Waals surface area contributed by atoms with E-state index in [0.29, 0.717) is 16.1 Å². The first-order valence-corrected chi connectivity index (χ1v) is 7.72. The van der Waals surface area contributed by atoms with Crippen molar-refractivity contribution in [2.24, 2.45) is 0 Å². The highest BCUT2D eigenvalue weighted by Gasteiger charge is 2.27. The van der Waals surface area contributed by atoms with Gasteiger partial charge in [-0.05, 0) is 30.4 Å². The van der Waals surface area contributed by atoms with Crippen LogP contribution in [0.25, 0.3) is 0 Å². The first kappa shape index (κ1) is 12.1. The molecular weight excluding hydrogens is 288 g/mol. The predicted molar refractivity (Wildman–Crippen MR) is 76.3 cm³/mol. The van der Waals surface area contributed by atoms with Gasteiger partial charge in [0, 0.05) is 11.4 Å². The molecule has 1 aliphatic heterocycles. The van der Waals surface area contributed by atoms with Crippen molar-refractivity contribution in [3.8, 4) is 0 Å². The third-order valence-electron chi connectivity index (χ3n) is 3.23. The van der Waals surface area contributed by atoms with Gasteiger partial charge in [0.15, 0.2) is 16.6 Å². The lowest BCUT2D eigenvalue weighted by Crippen LogP contribution is -2.32. The Labute approximate surface area is 118 Å². The van der Waals surface area contributed by atoms with Gasteiger partial charge >= 0.3 is 0 Å². The molecule has 0 spiro atoms. The molecule has 0 N–H and O–H groups in total. The quantitative estimate of drug-likeness (QED) is 0.791. The summed E-state index contributed by atoms with van der Waals surface area (Å²) >= 11 is 9.11.